The van der Waals surface area contributed by atoms with Crippen molar-refractivity contribution < 1.29 is 17.9 Å². The molecule has 0 atom stereocenters. The van der Waals surface area contributed by atoms with Gasteiger partial charge in [-0.1, -0.05) is 11.6 Å². The van der Waals surface area contributed by atoms with Gasteiger partial charge < -0.3 is 4.74 Å². The van der Waals surface area contributed by atoms with Gasteiger partial charge in [-0.05, 0) is 43.3 Å². The largest absolute Gasteiger partial charge is 0.465 e. The van der Waals surface area contributed by atoms with Crippen molar-refractivity contribution in [1.29, 1.82) is 0 Å². The number of esters is 1. The second-order valence-electron chi connectivity index (χ2n) is 4.26. The fraction of sp³-hybridized carbons (Fsp3) is 0.143. The van der Waals surface area contributed by atoms with Crippen molar-refractivity contribution in [2.75, 3.05) is 7.11 Å². The van der Waals surface area contributed by atoms with E-state index in [9.17, 15) is 13.2 Å². The van der Waals surface area contributed by atoms with Gasteiger partial charge in [0.1, 0.15) is 10.0 Å². The van der Waals surface area contributed by atoms with E-state index in [2.05, 4.69) is 9.72 Å². The Morgan fingerprint density at radius 1 is 1.14 bits per heavy atom. The molecule has 0 spiro atoms. The first kappa shape index (κ1) is 15.5. The van der Waals surface area contributed by atoms with Crippen molar-refractivity contribution in [2.45, 2.75) is 16.7 Å². The van der Waals surface area contributed by atoms with Gasteiger partial charge in [0.25, 0.3) is 0 Å². The number of ether oxygens (including phenoxy) is 1. The fourth-order valence-corrected chi connectivity index (χ4v) is 3.49. The molecular weight excluding hydrogens is 314 g/mol. The highest BCUT2D eigenvalue weighted by molar-refractivity contribution is 7.91. The Morgan fingerprint density at radius 3 is 2.29 bits per heavy atom. The van der Waals surface area contributed by atoms with Crippen molar-refractivity contribution in [3.63, 3.8) is 0 Å². The minimum Gasteiger partial charge on any atom is -0.465 e. The molecule has 0 N–H and O–H groups in total. The number of hydrogen-bond donors (Lipinski definition) is 0. The summed E-state index contributed by atoms with van der Waals surface area (Å²) in [6, 6.07) is 8.41. The van der Waals surface area contributed by atoms with E-state index in [4.69, 9.17) is 11.6 Å². The first-order chi connectivity index (χ1) is 9.86. The molecule has 2 aromatic rings. The van der Waals surface area contributed by atoms with Gasteiger partial charge >= 0.3 is 5.97 Å². The monoisotopic (exact) mass is 325 g/mol. The van der Waals surface area contributed by atoms with Crippen LogP contribution in [0.25, 0.3) is 0 Å². The van der Waals surface area contributed by atoms with Crippen molar-refractivity contribution in [3.8, 4) is 0 Å². The molecule has 5 nitrogen and oxygen atoms in total. The average molecular weight is 326 g/mol. The van der Waals surface area contributed by atoms with E-state index in [1.165, 1.54) is 37.4 Å². The topological polar surface area (TPSA) is 73.3 Å². The number of methoxy groups -OCH3 is 1. The van der Waals surface area contributed by atoms with Gasteiger partial charge in [0.15, 0.2) is 0 Å². The van der Waals surface area contributed by atoms with Gasteiger partial charge in [-0.3, -0.25) is 0 Å². The Hall–Kier alpha value is -1.92. The maximum absolute atomic E-state index is 12.5. The van der Waals surface area contributed by atoms with Crippen LogP contribution in [0.1, 0.15) is 16.1 Å². The molecule has 0 saturated heterocycles. The maximum atomic E-state index is 12.5. The SMILES string of the molecule is COC(=O)c1ccc(S(=O)(=O)c2ccc(C)nc2Cl)cc1. The highest BCUT2D eigenvalue weighted by Crippen LogP contribution is 2.26. The lowest BCUT2D eigenvalue weighted by molar-refractivity contribution is 0.0600. The number of rotatable bonds is 3. The predicted molar refractivity (Wildman–Crippen MR) is 77.2 cm³/mol. The molecule has 1 aromatic heterocycles. The fourth-order valence-electron chi connectivity index (χ4n) is 1.73. The third kappa shape index (κ3) is 3.06. The zero-order chi connectivity index (χ0) is 15.6. The maximum Gasteiger partial charge on any atom is 0.337 e. The highest BCUT2D eigenvalue weighted by Gasteiger charge is 2.22. The van der Waals surface area contributed by atoms with Crippen LogP contribution < -0.4 is 0 Å². The van der Waals surface area contributed by atoms with E-state index in [0.29, 0.717) is 5.69 Å². The van der Waals surface area contributed by atoms with E-state index < -0.39 is 15.8 Å². The van der Waals surface area contributed by atoms with Crippen LogP contribution in [0.4, 0.5) is 0 Å². The first-order valence-electron chi connectivity index (χ1n) is 5.93. The summed E-state index contributed by atoms with van der Waals surface area (Å²) >= 11 is 5.90. The van der Waals surface area contributed by atoms with Gasteiger partial charge in [0, 0.05) is 5.69 Å². The van der Waals surface area contributed by atoms with Crippen molar-refractivity contribution in [1.82, 2.24) is 4.98 Å². The quantitative estimate of drug-likeness (QED) is 0.640. The summed E-state index contributed by atoms with van der Waals surface area (Å²) in [6.45, 7) is 1.72. The lowest BCUT2D eigenvalue weighted by atomic mass is 10.2. The lowest BCUT2D eigenvalue weighted by Gasteiger charge is -2.07. The number of halogens is 1. The Bertz CT molecular complexity index is 785. The minimum atomic E-state index is -3.78. The van der Waals surface area contributed by atoms with Crippen LogP contribution in [0.3, 0.4) is 0 Å². The van der Waals surface area contributed by atoms with E-state index in [1.54, 1.807) is 13.0 Å². The lowest BCUT2D eigenvalue weighted by Crippen LogP contribution is -2.06. The molecule has 0 saturated carbocycles. The molecule has 0 radical (unpaired) electrons. The van der Waals surface area contributed by atoms with E-state index >= 15 is 0 Å². The third-order valence-corrected chi connectivity index (χ3v) is 5.03. The van der Waals surface area contributed by atoms with Gasteiger partial charge in [-0.15, -0.1) is 0 Å². The van der Waals surface area contributed by atoms with Crippen molar-refractivity contribution >= 4 is 27.4 Å². The smallest absolute Gasteiger partial charge is 0.337 e. The van der Waals surface area contributed by atoms with Crippen LogP contribution in [0.15, 0.2) is 46.2 Å². The average Bonchev–Trinajstić information content (AvgIpc) is 2.46. The molecule has 1 aromatic carbocycles. The molecule has 1 heterocycles. The van der Waals surface area contributed by atoms with Crippen LogP contribution in [-0.2, 0) is 14.6 Å². The first-order valence-corrected chi connectivity index (χ1v) is 7.79. The van der Waals surface area contributed by atoms with Crippen LogP contribution in [0, 0.1) is 6.92 Å². The number of hydrogen-bond acceptors (Lipinski definition) is 5. The molecule has 7 heteroatoms. The van der Waals surface area contributed by atoms with E-state index in [-0.39, 0.29) is 20.5 Å². The van der Waals surface area contributed by atoms with Crippen molar-refractivity contribution in [2.24, 2.45) is 0 Å². The second-order valence-corrected chi connectivity index (χ2v) is 6.54. The van der Waals surface area contributed by atoms with Crippen LogP contribution >= 0.6 is 11.6 Å². The third-order valence-electron chi connectivity index (χ3n) is 2.83. The van der Waals surface area contributed by atoms with Gasteiger partial charge in [-0.2, -0.15) is 0 Å². The summed E-state index contributed by atoms with van der Waals surface area (Å²) in [7, 11) is -2.53. The summed E-state index contributed by atoms with van der Waals surface area (Å²) in [6.07, 6.45) is 0. The van der Waals surface area contributed by atoms with Gasteiger partial charge in [0.2, 0.25) is 9.84 Å². The Morgan fingerprint density at radius 2 is 1.76 bits per heavy atom. The summed E-state index contributed by atoms with van der Waals surface area (Å²) < 4.78 is 29.5. The molecule has 2 rings (SSSR count). The van der Waals surface area contributed by atoms with Crippen LogP contribution in [0.5, 0.6) is 0 Å². The molecule has 0 aliphatic carbocycles. The van der Waals surface area contributed by atoms with E-state index in [0.717, 1.165) is 0 Å². The zero-order valence-corrected chi connectivity index (χ0v) is 12.9. The molecule has 21 heavy (non-hydrogen) atoms. The number of carbonyl (C=O) groups excluding carboxylic acids is 1. The van der Waals surface area contributed by atoms with E-state index in [1.807, 2.05) is 0 Å². The van der Waals surface area contributed by atoms with Crippen molar-refractivity contribution in [3.05, 3.63) is 52.8 Å². The molecule has 0 bridgehead atoms. The van der Waals surface area contributed by atoms with Gasteiger partial charge in [-0.25, -0.2) is 18.2 Å². The summed E-state index contributed by atoms with van der Waals surface area (Å²) in [5, 5.41) is -0.0768. The summed E-state index contributed by atoms with van der Waals surface area (Å²) in [5.74, 6) is -0.533. The van der Waals surface area contributed by atoms with Crippen LogP contribution in [0.2, 0.25) is 5.15 Å². The number of aromatic nitrogens is 1. The molecular formula is C14H12ClNO4S. The zero-order valence-electron chi connectivity index (χ0n) is 11.3. The molecule has 110 valence electrons. The minimum absolute atomic E-state index is 0.0303. The highest BCUT2D eigenvalue weighted by atomic mass is 35.5. The molecule has 0 unspecified atom stereocenters. The summed E-state index contributed by atoms with van der Waals surface area (Å²) in [5.41, 5.74) is 0.893. The molecule has 0 amide bonds. The number of sulfone groups is 1. The summed E-state index contributed by atoms with van der Waals surface area (Å²) in [4.78, 5) is 15.2. The Kier molecular flexibility index (Phi) is 4.29. The molecule has 0 aliphatic heterocycles. The van der Waals surface area contributed by atoms with Crippen LogP contribution in [-0.4, -0.2) is 26.5 Å². The number of benzene rings is 1. The Labute approximate surface area is 127 Å². The number of carbonyl (C=O) groups is 1. The standard InChI is InChI=1S/C14H12ClNO4S/c1-9-3-8-12(13(15)16-9)21(18,19)11-6-4-10(5-7-11)14(17)20-2/h3-8H,1-2H3. The van der Waals surface area contributed by atoms with Gasteiger partial charge in [0.05, 0.1) is 17.6 Å². The number of pyridine rings is 1. The second kappa shape index (κ2) is 5.83. The number of aryl methyl sites for hydroxylation is 1. The molecule has 0 fully saturated rings. The normalized spacial score (nSPS) is 11.2. The predicted octanol–water partition coefficient (Wildman–Crippen LogP) is 2.66. The Balaban J connectivity index is 2.46. The molecule has 0 aliphatic rings. The number of nitrogens with zero attached hydrogens (tertiary/aromatic N) is 1.